The topological polar surface area (TPSA) is 93.1 Å². The van der Waals surface area contributed by atoms with Gasteiger partial charge >= 0.3 is 0 Å². The summed E-state index contributed by atoms with van der Waals surface area (Å²) >= 11 is 0. The molecule has 3 aromatic heterocycles. The number of nitrogens with zero attached hydrogens (tertiary/aromatic N) is 5. The minimum atomic E-state index is 0.246. The number of piperidine rings is 1. The Morgan fingerprint density at radius 2 is 1.73 bits per heavy atom. The Bertz CT molecular complexity index is 1290. The second-order valence-corrected chi connectivity index (χ2v) is 8.22. The first-order valence-electron chi connectivity index (χ1n) is 10.4. The zero-order chi connectivity index (χ0) is 21.0. The van der Waals surface area contributed by atoms with Gasteiger partial charge in [0, 0.05) is 24.0 Å². The van der Waals surface area contributed by atoms with Crippen LogP contribution in [0.3, 0.4) is 0 Å². The predicted octanol–water partition coefficient (Wildman–Crippen LogP) is 4.17. The summed E-state index contributed by atoms with van der Waals surface area (Å²) in [7, 11) is 0. The zero-order valence-electron chi connectivity index (χ0n) is 17.6. The van der Waals surface area contributed by atoms with E-state index in [2.05, 4.69) is 27.9 Å². The molecule has 0 unspecified atom stereocenters. The molecule has 0 atom stereocenters. The van der Waals surface area contributed by atoms with Crippen molar-refractivity contribution in [1.82, 2.24) is 19.5 Å². The normalized spacial score (nSPS) is 14.7. The van der Waals surface area contributed by atoms with E-state index in [0.29, 0.717) is 11.5 Å². The van der Waals surface area contributed by atoms with Crippen molar-refractivity contribution in [3.8, 4) is 11.4 Å². The van der Waals surface area contributed by atoms with E-state index in [1.54, 1.807) is 6.07 Å². The summed E-state index contributed by atoms with van der Waals surface area (Å²) in [5.41, 5.74) is 11.6. The van der Waals surface area contributed by atoms with Crippen LogP contribution in [-0.2, 0) is 0 Å². The van der Waals surface area contributed by atoms with Crippen molar-refractivity contribution >= 4 is 33.7 Å². The fourth-order valence-electron chi connectivity index (χ4n) is 4.67. The van der Waals surface area contributed by atoms with Crippen molar-refractivity contribution < 1.29 is 5.11 Å². The van der Waals surface area contributed by atoms with Gasteiger partial charge in [-0.25, -0.2) is 15.0 Å². The lowest BCUT2D eigenvalue weighted by atomic mass is 10.1. The van der Waals surface area contributed by atoms with E-state index >= 15 is 0 Å². The monoisotopic (exact) mass is 402 g/mol. The van der Waals surface area contributed by atoms with Crippen molar-refractivity contribution in [3.05, 3.63) is 41.2 Å². The molecule has 0 amide bonds. The zero-order valence-corrected chi connectivity index (χ0v) is 17.6. The Labute approximate surface area is 175 Å². The molecule has 0 bridgehead atoms. The molecule has 1 fully saturated rings. The Balaban J connectivity index is 1.91. The molecule has 1 saturated heterocycles. The van der Waals surface area contributed by atoms with E-state index < -0.39 is 0 Å². The number of phenolic OH excluding ortho intramolecular Hbond substituents is 1. The number of aromatic nitrogens is 4. The highest BCUT2D eigenvalue weighted by Gasteiger charge is 2.23. The molecule has 1 aliphatic rings. The number of aryl methyl sites for hydroxylation is 2. The maximum Gasteiger partial charge on any atom is 0.152 e. The molecular formula is C23H26N6O. The fourth-order valence-corrected chi connectivity index (χ4v) is 4.67. The molecule has 30 heavy (non-hydrogen) atoms. The maximum atomic E-state index is 10.4. The summed E-state index contributed by atoms with van der Waals surface area (Å²) in [6, 6.07) is 5.79. The molecule has 1 aromatic carbocycles. The van der Waals surface area contributed by atoms with Gasteiger partial charge in [-0.2, -0.15) is 0 Å². The van der Waals surface area contributed by atoms with Crippen LogP contribution in [0.5, 0.6) is 5.75 Å². The fraction of sp³-hybridized carbons (Fsp3) is 0.348. The van der Waals surface area contributed by atoms with E-state index in [0.717, 1.165) is 57.7 Å². The van der Waals surface area contributed by atoms with Crippen LogP contribution in [0.4, 0.5) is 11.6 Å². The van der Waals surface area contributed by atoms with Gasteiger partial charge in [0.05, 0.1) is 11.1 Å². The number of nitrogen functional groups attached to an aromatic ring is 1. The number of anilines is 2. The van der Waals surface area contributed by atoms with Crippen LogP contribution in [0.15, 0.2) is 24.5 Å². The van der Waals surface area contributed by atoms with Crippen LogP contribution >= 0.6 is 0 Å². The standard InChI is InChI=1S/C23H26N6O/c1-13-7-8-17(30)15(3)19(13)29-22-16(18-20(24)25-12-26-23(18)29)11-14(2)21(27-22)28-9-5-4-6-10-28/h7-8,11-12,30H,4-6,9-10H2,1-3H3,(H2,24,25,26). The van der Waals surface area contributed by atoms with Crippen molar-refractivity contribution in [2.45, 2.75) is 40.0 Å². The number of hydrogen-bond donors (Lipinski definition) is 2. The van der Waals surface area contributed by atoms with Gasteiger partial charge in [-0.05, 0) is 63.3 Å². The molecule has 0 spiro atoms. The Morgan fingerprint density at radius 3 is 2.50 bits per heavy atom. The third-order valence-corrected chi connectivity index (χ3v) is 6.20. The molecule has 7 nitrogen and oxygen atoms in total. The molecule has 0 saturated carbocycles. The molecule has 1 aliphatic heterocycles. The molecular weight excluding hydrogens is 376 g/mol. The number of phenols is 1. The highest BCUT2D eigenvalue weighted by atomic mass is 16.3. The van der Waals surface area contributed by atoms with E-state index in [-0.39, 0.29) is 5.75 Å². The van der Waals surface area contributed by atoms with Gasteiger partial charge in [0.2, 0.25) is 0 Å². The van der Waals surface area contributed by atoms with E-state index in [1.807, 2.05) is 24.5 Å². The highest BCUT2D eigenvalue weighted by Crippen LogP contribution is 2.38. The SMILES string of the molecule is Cc1cc2c3c(N)ncnc3n(-c3c(C)ccc(O)c3C)c2nc1N1CCCCC1. The lowest BCUT2D eigenvalue weighted by Gasteiger charge is -2.29. The van der Waals surface area contributed by atoms with Crippen LogP contribution in [0.2, 0.25) is 0 Å². The van der Waals surface area contributed by atoms with Crippen LogP contribution < -0.4 is 10.6 Å². The lowest BCUT2D eigenvalue weighted by Crippen LogP contribution is -2.30. The first kappa shape index (κ1) is 18.7. The van der Waals surface area contributed by atoms with Gasteiger partial charge in [-0.15, -0.1) is 0 Å². The van der Waals surface area contributed by atoms with Crippen molar-refractivity contribution in [1.29, 1.82) is 0 Å². The lowest BCUT2D eigenvalue weighted by molar-refractivity contribution is 0.470. The van der Waals surface area contributed by atoms with Crippen molar-refractivity contribution in [3.63, 3.8) is 0 Å². The Kier molecular flexibility index (Phi) is 4.27. The molecule has 0 aliphatic carbocycles. The minimum Gasteiger partial charge on any atom is -0.508 e. The second kappa shape index (κ2) is 6.86. The minimum absolute atomic E-state index is 0.246. The van der Waals surface area contributed by atoms with Crippen LogP contribution in [0.25, 0.3) is 27.8 Å². The average Bonchev–Trinajstić information content (AvgIpc) is 3.05. The maximum absolute atomic E-state index is 10.4. The van der Waals surface area contributed by atoms with Gasteiger partial charge in [-0.3, -0.25) is 4.57 Å². The van der Waals surface area contributed by atoms with Gasteiger partial charge in [0.1, 0.15) is 29.4 Å². The summed E-state index contributed by atoms with van der Waals surface area (Å²) < 4.78 is 2.03. The average molecular weight is 403 g/mol. The largest absolute Gasteiger partial charge is 0.508 e. The first-order valence-corrected chi connectivity index (χ1v) is 10.4. The molecule has 3 N–H and O–H groups in total. The summed E-state index contributed by atoms with van der Waals surface area (Å²) in [5.74, 6) is 1.69. The van der Waals surface area contributed by atoms with Crippen molar-refractivity contribution in [2.24, 2.45) is 0 Å². The van der Waals surface area contributed by atoms with Gasteiger partial charge in [0.25, 0.3) is 0 Å². The smallest absolute Gasteiger partial charge is 0.152 e. The van der Waals surface area contributed by atoms with Gasteiger partial charge in [0.15, 0.2) is 5.65 Å². The van der Waals surface area contributed by atoms with E-state index in [9.17, 15) is 5.11 Å². The summed E-state index contributed by atoms with van der Waals surface area (Å²) in [4.78, 5) is 16.3. The van der Waals surface area contributed by atoms with Gasteiger partial charge < -0.3 is 15.7 Å². The third-order valence-electron chi connectivity index (χ3n) is 6.20. The Hall–Kier alpha value is -3.35. The summed E-state index contributed by atoms with van der Waals surface area (Å²) in [6.07, 6.45) is 5.13. The van der Waals surface area contributed by atoms with E-state index in [1.165, 1.54) is 25.6 Å². The second-order valence-electron chi connectivity index (χ2n) is 8.22. The first-order chi connectivity index (χ1) is 14.5. The van der Waals surface area contributed by atoms with Crippen molar-refractivity contribution in [2.75, 3.05) is 23.7 Å². The molecule has 0 radical (unpaired) electrons. The molecule has 4 heterocycles. The predicted molar refractivity (Wildman–Crippen MR) is 121 cm³/mol. The van der Waals surface area contributed by atoms with Crippen LogP contribution in [-0.4, -0.2) is 37.7 Å². The number of pyridine rings is 1. The third kappa shape index (κ3) is 2.69. The van der Waals surface area contributed by atoms with Crippen LogP contribution in [0, 0.1) is 20.8 Å². The number of hydrogen-bond acceptors (Lipinski definition) is 6. The number of fused-ring (bicyclic) bond motifs is 3. The number of nitrogens with two attached hydrogens (primary N) is 1. The molecule has 154 valence electrons. The number of rotatable bonds is 2. The Morgan fingerprint density at radius 1 is 0.967 bits per heavy atom. The number of benzene rings is 1. The summed E-state index contributed by atoms with van der Waals surface area (Å²) in [5, 5.41) is 12.2. The quantitative estimate of drug-likeness (QED) is 0.523. The number of aromatic hydroxyl groups is 1. The highest BCUT2D eigenvalue weighted by molar-refractivity contribution is 6.12. The molecule has 4 aromatic rings. The summed E-state index contributed by atoms with van der Waals surface area (Å²) in [6.45, 7) is 8.09. The van der Waals surface area contributed by atoms with Crippen LogP contribution in [0.1, 0.15) is 36.0 Å². The molecule has 5 rings (SSSR count). The van der Waals surface area contributed by atoms with E-state index in [4.69, 9.17) is 10.7 Å². The van der Waals surface area contributed by atoms with Gasteiger partial charge in [-0.1, -0.05) is 6.07 Å². The molecule has 7 heteroatoms.